The monoisotopic (exact) mass is 1160 g/mol. The van der Waals surface area contributed by atoms with E-state index < -0.39 is 36.1 Å². The highest BCUT2D eigenvalue weighted by atomic mass is 16.4. The number of aliphatic hydroxyl groups excluding tert-OH is 2. The predicted octanol–water partition coefficient (Wildman–Crippen LogP) is 13.9. The maximum Gasteiger partial charge on any atom is 0.303 e. The number of allylic oxidation sites excluding steroid dienone is 7. The van der Waals surface area contributed by atoms with Gasteiger partial charge >= 0.3 is 23.9 Å². The lowest BCUT2D eigenvalue weighted by atomic mass is 9.98. The van der Waals surface area contributed by atoms with Crippen LogP contribution in [0.2, 0.25) is 0 Å². The molecule has 6 aromatic rings. The summed E-state index contributed by atoms with van der Waals surface area (Å²) in [5.74, 6) is -3.60. The van der Waals surface area contributed by atoms with E-state index >= 15 is 0 Å². The average molecular weight is 1160 g/mol. The number of aromatic nitrogens is 8. The van der Waals surface area contributed by atoms with Gasteiger partial charge in [0.2, 0.25) is 0 Å². The van der Waals surface area contributed by atoms with Crippen LogP contribution >= 0.6 is 0 Å². The van der Waals surface area contributed by atoms with E-state index in [1.54, 1.807) is 13.8 Å². The molecule has 18 heteroatoms. The molecule has 6 aromatic heterocycles. The molecule has 10 N–H and O–H groups in total. The van der Waals surface area contributed by atoms with Gasteiger partial charge in [-0.05, 0) is 210 Å². The van der Waals surface area contributed by atoms with Crippen LogP contribution in [0.25, 0.3) is 101 Å². The summed E-state index contributed by atoms with van der Waals surface area (Å²) in [5.41, 5.74) is 25.4. The minimum absolute atomic E-state index is 0.0367. The van der Waals surface area contributed by atoms with Crippen molar-refractivity contribution < 1.29 is 49.8 Å². The second-order valence-electron chi connectivity index (χ2n) is 22.4. The molecular formula is C68H72N8O10. The third-order valence-electron chi connectivity index (χ3n) is 16.9. The average Bonchev–Trinajstić information content (AvgIpc) is 2.07. The van der Waals surface area contributed by atoms with Crippen LogP contribution in [0, 0.1) is 27.7 Å². The Morgan fingerprint density at radius 2 is 0.744 bits per heavy atom. The molecule has 16 bridgehead atoms. The van der Waals surface area contributed by atoms with E-state index in [1.165, 1.54) is 0 Å². The van der Waals surface area contributed by atoms with Gasteiger partial charge in [0.05, 0.1) is 57.8 Å². The van der Waals surface area contributed by atoms with Gasteiger partial charge < -0.3 is 50.6 Å². The van der Waals surface area contributed by atoms with Crippen molar-refractivity contribution in [1.82, 2.24) is 39.9 Å². The largest absolute Gasteiger partial charge is 0.481 e. The highest BCUT2D eigenvalue weighted by molar-refractivity contribution is 5.99. The molecule has 2 unspecified atom stereocenters. The number of hydrogen-bond acceptors (Lipinski definition) is 10. The number of nitrogens with one attached hydrogen (secondary N) is 4. The molecule has 10 heterocycles. The number of rotatable bonds is 16. The fourth-order valence-corrected chi connectivity index (χ4v) is 12.1. The van der Waals surface area contributed by atoms with E-state index in [4.69, 9.17) is 19.9 Å². The van der Waals surface area contributed by atoms with E-state index in [9.17, 15) is 49.8 Å². The molecule has 0 radical (unpaired) electrons. The quantitative estimate of drug-likeness (QED) is 0.0431. The molecule has 0 aliphatic carbocycles. The molecule has 0 saturated heterocycles. The summed E-state index contributed by atoms with van der Waals surface area (Å²) >= 11 is 0. The van der Waals surface area contributed by atoms with Crippen LogP contribution in [0.3, 0.4) is 0 Å². The zero-order chi connectivity index (χ0) is 62.3. The summed E-state index contributed by atoms with van der Waals surface area (Å²) < 4.78 is 0. The molecule has 86 heavy (non-hydrogen) atoms. The number of H-pyrrole nitrogens is 4. The van der Waals surface area contributed by atoms with Gasteiger partial charge in [0.15, 0.2) is 0 Å². The van der Waals surface area contributed by atoms with Gasteiger partial charge in [-0.25, -0.2) is 19.9 Å². The maximum atomic E-state index is 11.6. The van der Waals surface area contributed by atoms with Gasteiger partial charge in [0.25, 0.3) is 0 Å². The second-order valence-corrected chi connectivity index (χ2v) is 22.4. The number of aliphatic carboxylic acids is 4. The first-order valence-corrected chi connectivity index (χ1v) is 28.6. The molecule has 0 saturated carbocycles. The van der Waals surface area contributed by atoms with Crippen LogP contribution in [0.4, 0.5) is 0 Å². The highest BCUT2D eigenvalue weighted by Gasteiger charge is 2.26. The Bertz CT molecular complexity index is 4400. The lowest BCUT2D eigenvalue weighted by Crippen LogP contribution is -2.02. The second kappa shape index (κ2) is 24.6. The summed E-state index contributed by atoms with van der Waals surface area (Å²) in [4.78, 5) is 79.9. The van der Waals surface area contributed by atoms with E-state index in [2.05, 4.69) is 39.2 Å². The van der Waals surface area contributed by atoms with Crippen molar-refractivity contribution in [2.45, 2.75) is 133 Å². The Morgan fingerprint density at radius 3 is 1.22 bits per heavy atom. The third kappa shape index (κ3) is 12.1. The predicted molar refractivity (Wildman–Crippen MR) is 340 cm³/mol. The van der Waals surface area contributed by atoms with Crippen LogP contribution in [0.15, 0.2) is 61.7 Å². The first kappa shape index (κ1) is 61.1. The molecule has 0 amide bonds. The molecule has 4 aliphatic rings. The Hall–Kier alpha value is -9.52. The topological polar surface area (TPSA) is 304 Å². The normalized spacial score (nSPS) is 13.9. The lowest BCUT2D eigenvalue weighted by Gasteiger charge is -2.07. The molecular weight excluding hydrogens is 1090 g/mol. The highest BCUT2D eigenvalue weighted by Crippen LogP contribution is 2.41. The molecule has 18 nitrogen and oxygen atoms in total. The summed E-state index contributed by atoms with van der Waals surface area (Å²) in [6.45, 7) is 27.1. The number of hydrogen-bond donors (Lipinski definition) is 10. The molecule has 0 spiro atoms. The van der Waals surface area contributed by atoms with Crippen molar-refractivity contribution in [1.29, 1.82) is 0 Å². The van der Waals surface area contributed by atoms with E-state index in [0.29, 0.717) is 69.2 Å². The van der Waals surface area contributed by atoms with E-state index in [0.717, 1.165) is 122 Å². The van der Waals surface area contributed by atoms with Crippen LogP contribution in [0.5, 0.6) is 0 Å². The van der Waals surface area contributed by atoms with Crippen LogP contribution in [-0.4, -0.2) is 100 Å². The van der Waals surface area contributed by atoms with Gasteiger partial charge in [-0.15, -0.1) is 0 Å². The zero-order valence-electron chi connectivity index (χ0n) is 50.1. The smallest absolute Gasteiger partial charge is 0.303 e. The number of aromatic amines is 4. The molecule has 4 aliphatic heterocycles. The fraction of sp³-hybridized carbons (Fsp3) is 0.294. The maximum absolute atomic E-state index is 11.6. The van der Waals surface area contributed by atoms with Gasteiger partial charge in [-0.2, -0.15) is 0 Å². The summed E-state index contributed by atoms with van der Waals surface area (Å²) in [6, 6.07) is 15.4. The summed E-state index contributed by atoms with van der Waals surface area (Å²) in [5, 5.41) is 59.4. The van der Waals surface area contributed by atoms with Crippen LogP contribution < -0.4 is 0 Å². The lowest BCUT2D eigenvalue weighted by molar-refractivity contribution is -0.137. The molecule has 0 aromatic carbocycles. The van der Waals surface area contributed by atoms with Crippen molar-refractivity contribution in [2.75, 3.05) is 0 Å². The molecule has 444 valence electrons. The van der Waals surface area contributed by atoms with E-state index in [1.807, 2.05) is 110 Å². The number of nitrogens with zero attached hydrogens (tertiary/aromatic N) is 4. The Kier molecular flexibility index (Phi) is 17.5. The van der Waals surface area contributed by atoms with E-state index in [-0.39, 0.29) is 38.5 Å². The Morgan fingerprint density at radius 1 is 0.407 bits per heavy atom. The number of aliphatic hydroxyl groups is 2. The number of aryl methyl sites for hydroxylation is 5. The van der Waals surface area contributed by atoms with Crippen molar-refractivity contribution in [2.24, 2.45) is 0 Å². The molecule has 2 atom stereocenters. The number of fused-ring (bicyclic) bond motifs is 16. The number of carboxylic acids is 4. The van der Waals surface area contributed by atoms with Crippen molar-refractivity contribution in [3.8, 4) is 0 Å². The standard InChI is InChI=1S/C34H38N4O6.C34H34N4O4/c1-15-21(7-9-31(41)42)27-14-28-22(8-10-32(43)44)16(2)24(36-28)12-29-34(20(6)40)18(4)26(38-29)13-30-33(19(5)39)17(3)25(37-30)11-23(15)35-27;1-7-21-17(3)25-13-26-19(5)23(9-11-33(39)40)31(37-26)16-32-24(10-12-34(41)42)20(6)28(38-32)15-30-22(8-2)18(4)27(36-30)14-29(21)35-25/h11-14,19-20,36,38-40H,7-10H2,1-6H3,(H,41,42)(H,43,44);7-8,13-16,35-36H,1-2,9-12H2,3-6H3,(H,39,40)(H,41,42). The number of carboxylic acid groups (broad SMARTS) is 4. The number of carbonyl (C=O) groups is 4. The Labute approximate surface area is 496 Å². The van der Waals surface area contributed by atoms with Crippen LogP contribution in [-0.2, 0) is 25.6 Å². The SMILES string of the molecule is C=Cc1c(C)c2cc3[nH]c(cc4nc(cc5nc(cc1[nH]2)C(C)=C5CCC(=O)O)C(CCC(=O)O)=C4C)c(C)c3C=C.CC1=C(CCC(=O)O)c2cc3[nH]c(cc4[nH]c(cc5nc(cc1n2)C(C)=C5C(C)O)c(C)c4C(C)O)c(C)c3CCC(=O)O. The summed E-state index contributed by atoms with van der Waals surface area (Å²) in [7, 11) is 0. The van der Waals surface area contributed by atoms with Crippen molar-refractivity contribution in [3.05, 3.63) is 152 Å². The molecule has 0 fully saturated rings. The van der Waals surface area contributed by atoms with Gasteiger partial charge in [0, 0.05) is 92.1 Å². The Balaban J connectivity index is 0.000000206. The first-order valence-electron chi connectivity index (χ1n) is 28.6. The van der Waals surface area contributed by atoms with Gasteiger partial charge in [-0.3, -0.25) is 19.2 Å². The van der Waals surface area contributed by atoms with Crippen molar-refractivity contribution >= 4 is 125 Å². The zero-order valence-corrected chi connectivity index (χ0v) is 50.1. The molecule has 10 rings (SSSR count). The first-order chi connectivity index (χ1) is 40.8. The summed E-state index contributed by atoms with van der Waals surface area (Å²) in [6.07, 6.45) is 3.05. The fourth-order valence-electron chi connectivity index (χ4n) is 12.1. The minimum Gasteiger partial charge on any atom is -0.481 e. The van der Waals surface area contributed by atoms with Gasteiger partial charge in [-0.1, -0.05) is 25.3 Å². The minimum atomic E-state index is -0.917. The third-order valence-corrected chi connectivity index (χ3v) is 16.9. The van der Waals surface area contributed by atoms with Crippen LogP contribution in [0.1, 0.15) is 183 Å². The van der Waals surface area contributed by atoms with Crippen molar-refractivity contribution in [3.63, 3.8) is 0 Å². The van der Waals surface area contributed by atoms with Gasteiger partial charge in [0.1, 0.15) is 0 Å².